The lowest BCUT2D eigenvalue weighted by molar-refractivity contribution is -0.385. The third-order valence-corrected chi connectivity index (χ3v) is 2.96. The van der Waals surface area contributed by atoms with Crippen LogP contribution in [0.25, 0.3) is 0 Å². The van der Waals surface area contributed by atoms with Crippen molar-refractivity contribution in [2.45, 2.75) is 13.5 Å². The van der Waals surface area contributed by atoms with E-state index in [-0.39, 0.29) is 17.9 Å². The van der Waals surface area contributed by atoms with Gasteiger partial charge in [0.1, 0.15) is 11.6 Å². The summed E-state index contributed by atoms with van der Waals surface area (Å²) in [6.45, 7) is 1.89. The summed E-state index contributed by atoms with van der Waals surface area (Å²) < 4.78 is 26.1. The summed E-state index contributed by atoms with van der Waals surface area (Å²) >= 11 is 0. The predicted molar refractivity (Wildman–Crippen MR) is 71.5 cm³/mol. The molecule has 0 aromatic heterocycles. The second-order valence-corrected chi connectivity index (χ2v) is 4.33. The first-order valence-electron chi connectivity index (χ1n) is 5.90. The molecule has 0 atom stereocenters. The molecule has 2 aromatic carbocycles. The highest BCUT2D eigenvalue weighted by molar-refractivity contribution is 5.48. The first kappa shape index (κ1) is 13.9. The quantitative estimate of drug-likeness (QED) is 0.683. The molecule has 2 aromatic rings. The van der Waals surface area contributed by atoms with Crippen molar-refractivity contribution in [3.8, 4) is 0 Å². The number of nitrogens with zero attached hydrogens (tertiary/aromatic N) is 1. The van der Waals surface area contributed by atoms with Crippen LogP contribution in [0.1, 0.15) is 11.1 Å². The van der Waals surface area contributed by atoms with Gasteiger partial charge in [-0.25, -0.2) is 8.78 Å². The van der Waals surface area contributed by atoms with E-state index in [2.05, 4.69) is 5.32 Å². The number of benzene rings is 2. The zero-order valence-electron chi connectivity index (χ0n) is 10.7. The Bertz CT molecular complexity index is 639. The molecule has 0 spiro atoms. The third kappa shape index (κ3) is 3.09. The molecule has 1 N–H and O–H groups in total. The van der Waals surface area contributed by atoms with Gasteiger partial charge in [-0.3, -0.25) is 10.1 Å². The van der Waals surface area contributed by atoms with Gasteiger partial charge in [-0.15, -0.1) is 0 Å². The van der Waals surface area contributed by atoms with E-state index in [1.54, 1.807) is 19.1 Å². The number of nitrogens with one attached hydrogen (secondary N) is 1. The Labute approximate surface area is 114 Å². The number of hydrogen-bond acceptors (Lipinski definition) is 3. The Morgan fingerprint density at radius 3 is 2.45 bits per heavy atom. The van der Waals surface area contributed by atoms with Crippen LogP contribution in [0.15, 0.2) is 36.4 Å². The minimum absolute atomic E-state index is 0.0229. The Balaban J connectivity index is 2.19. The van der Waals surface area contributed by atoms with Crippen molar-refractivity contribution >= 4 is 11.4 Å². The number of halogens is 2. The summed E-state index contributed by atoms with van der Waals surface area (Å²) in [7, 11) is 0. The highest BCUT2D eigenvalue weighted by Gasteiger charge is 2.12. The van der Waals surface area contributed by atoms with Gasteiger partial charge in [-0.1, -0.05) is 12.1 Å². The zero-order valence-corrected chi connectivity index (χ0v) is 10.7. The number of nitro groups is 1. The molecule has 0 bridgehead atoms. The van der Waals surface area contributed by atoms with Gasteiger partial charge in [0.2, 0.25) is 0 Å². The zero-order chi connectivity index (χ0) is 14.7. The minimum Gasteiger partial charge on any atom is -0.381 e. The smallest absolute Gasteiger partial charge is 0.272 e. The first-order chi connectivity index (χ1) is 9.47. The first-order valence-corrected chi connectivity index (χ1v) is 5.90. The largest absolute Gasteiger partial charge is 0.381 e. The Morgan fingerprint density at radius 1 is 1.20 bits per heavy atom. The average Bonchev–Trinajstić information content (AvgIpc) is 2.36. The van der Waals surface area contributed by atoms with Gasteiger partial charge in [0.25, 0.3) is 5.69 Å². The third-order valence-electron chi connectivity index (χ3n) is 2.96. The molecule has 0 aliphatic heterocycles. The Morgan fingerprint density at radius 2 is 1.85 bits per heavy atom. The number of anilines is 1. The molecular weight excluding hydrogens is 266 g/mol. The molecule has 0 aliphatic rings. The summed E-state index contributed by atoms with van der Waals surface area (Å²) in [5.41, 5.74) is 1.54. The molecule has 4 nitrogen and oxygen atoms in total. The molecule has 0 unspecified atom stereocenters. The average molecular weight is 278 g/mol. The van der Waals surface area contributed by atoms with Crippen molar-refractivity contribution in [1.29, 1.82) is 0 Å². The van der Waals surface area contributed by atoms with Crippen molar-refractivity contribution < 1.29 is 13.7 Å². The van der Waals surface area contributed by atoms with Crippen molar-refractivity contribution in [2.75, 3.05) is 5.32 Å². The fraction of sp³-hybridized carbons (Fsp3) is 0.143. The molecule has 104 valence electrons. The summed E-state index contributed by atoms with van der Waals surface area (Å²) in [5, 5.41) is 13.7. The molecule has 0 heterocycles. The lowest BCUT2D eigenvalue weighted by Gasteiger charge is -2.09. The van der Waals surface area contributed by atoms with Gasteiger partial charge in [-0.2, -0.15) is 0 Å². The van der Waals surface area contributed by atoms with Crippen LogP contribution in [0.2, 0.25) is 0 Å². The highest BCUT2D eigenvalue weighted by Crippen LogP contribution is 2.22. The van der Waals surface area contributed by atoms with E-state index in [0.29, 0.717) is 11.1 Å². The van der Waals surface area contributed by atoms with Gasteiger partial charge >= 0.3 is 0 Å². The molecular formula is C14H12F2N2O2. The summed E-state index contributed by atoms with van der Waals surface area (Å²) in [6.07, 6.45) is 0. The van der Waals surface area contributed by atoms with Crippen LogP contribution in [0.3, 0.4) is 0 Å². The molecule has 0 aliphatic carbocycles. The fourth-order valence-corrected chi connectivity index (χ4v) is 1.91. The Hall–Kier alpha value is -2.50. The normalized spacial score (nSPS) is 10.3. The molecule has 2 rings (SSSR count). The van der Waals surface area contributed by atoms with E-state index in [4.69, 9.17) is 0 Å². The summed E-state index contributed by atoms with van der Waals surface area (Å²) in [5.74, 6) is -1.36. The lowest BCUT2D eigenvalue weighted by atomic mass is 10.1. The van der Waals surface area contributed by atoms with Gasteiger partial charge in [0.05, 0.1) is 4.92 Å². The maximum Gasteiger partial charge on any atom is 0.272 e. The van der Waals surface area contributed by atoms with Crippen LogP contribution in [-0.4, -0.2) is 4.92 Å². The lowest BCUT2D eigenvalue weighted by Crippen LogP contribution is -2.04. The predicted octanol–water partition coefficient (Wildman–Crippen LogP) is 3.79. The van der Waals surface area contributed by atoms with Crippen LogP contribution in [-0.2, 0) is 6.54 Å². The molecule has 0 saturated carbocycles. The molecule has 0 saturated heterocycles. The van der Waals surface area contributed by atoms with Crippen LogP contribution in [0.5, 0.6) is 0 Å². The molecule has 0 fully saturated rings. The summed E-state index contributed by atoms with van der Waals surface area (Å²) in [4.78, 5) is 10.4. The second-order valence-electron chi connectivity index (χ2n) is 4.33. The summed E-state index contributed by atoms with van der Waals surface area (Å²) in [6, 6.07) is 7.83. The van der Waals surface area contributed by atoms with Gasteiger partial charge in [-0.05, 0) is 24.6 Å². The topological polar surface area (TPSA) is 55.2 Å². The van der Waals surface area contributed by atoms with Crippen LogP contribution >= 0.6 is 0 Å². The van der Waals surface area contributed by atoms with Crippen LogP contribution in [0.4, 0.5) is 20.2 Å². The van der Waals surface area contributed by atoms with Gasteiger partial charge < -0.3 is 5.32 Å². The molecule has 20 heavy (non-hydrogen) atoms. The number of nitro benzene ring substituents is 1. The highest BCUT2D eigenvalue weighted by atomic mass is 19.1. The minimum atomic E-state index is -0.678. The van der Waals surface area contributed by atoms with Crippen molar-refractivity contribution in [2.24, 2.45) is 0 Å². The van der Waals surface area contributed by atoms with E-state index in [9.17, 15) is 18.9 Å². The number of hydrogen-bond donors (Lipinski definition) is 1. The van der Waals surface area contributed by atoms with E-state index < -0.39 is 16.6 Å². The molecule has 6 heteroatoms. The second kappa shape index (κ2) is 5.64. The van der Waals surface area contributed by atoms with Crippen molar-refractivity contribution in [3.05, 3.63) is 69.3 Å². The van der Waals surface area contributed by atoms with Crippen molar-refractivity contribution in [1.82, 2.24) is 0 Å². The van der Waals surface area contributed by atoms with Gasteiger partial charge in [0.15, 0.2) is 0 Å². The Kier molecular flexibility index (Phi) is 3.93. The van der Waals surface area contributed by atoms with E-state index in [1.807, 2.05) is 0 Å². The number of rotatable bonds is 4. The maximum absolute atomic E-state index is 13.0. The van der Waals surface area contributed by atoms with Crippen LogP contribution < -0.4 is 5.32 Å². The van der Waals surface area contributed by atoms with E-state index in [0.717, 1.165) is 18.2 Å². The fourth-order valence-electron chi connectivity index (χ4n) is 1.91. The van der Waals surface area contributed by atoms with Crippen molar-refractivity contribution in [3.63, 3.8) is 0 Å². The van der Waals surface area contributed by atoms with E-state index in [1.165, 1.54) is 6.07 Å². The molecule has 0 radical (unpaired) electrons. The SMILES string of the molecule is Cc1c(CNc2cc(F)cc(F)c2)cccc1[N+](=O)[O-]. The van der Waals surface area contributed by atoms with E-state index >= 15 is 0 Å². The van der Waals surface area contributed by atoms with Crippen LogP contribution in [0, 0.1) is 28.7 Å². The monoisotopic (exact) mass is 278 g/mol. The maximum atomic E-state index is 13.0. The van der Waals surface area contributed by atoms with Gasteiger partial charge in [0, 0.05) is 29.9 Å². The molecule has 0 amide bonds. The standard InChI is InChI=1S/C14H12F2N2O2/c1-9-10(3-2-4-14(9)18(19)20)8-17-13-6-11(15)5-12(16)7-13/h2-7,17H,8H2,1H3.